The molecule has 0 aliphatic heterocycles. The summed E-state index contributed by atoms with van der Waals surface area (Å²) in [7, 11) is -3.50. The third-order valence-electron chi connectivity index (χ3n) is 2.76. The van der Waals surface area contributed by atoms with Crippen LogP contribution in [-0.2, 0) is 16.4 Å². The number of nitrogens with zero attached hydrogens (tertiary/aromatic N) is 1. The van der Waals surface area contributed by atoms with Gasteiger partial charge >= 0.3 is 0 Å². The number of nitrogen functional groups attached to an aromatic ring is 1. The second-order valence-electron chi connectivity index (χ2n) is 4.27. The van der Waals surface area contributed by atoms with Gasteiger partial charge in [0.15, 0.2) is 9.84 Å². The lowest BCUT2D eigenvalue weighted by Gasteiger charge is -2.08. The van der Waals surface area contributed by atoms with Crippen LogP contribution in [0.3, 0.4) is 0 Å². The highest BCUT2D eigenvalue weighted by Crippen LogP contribution is 2.16. The van der Waals surface area contributed by atoms with E-state index in [1.54, 1.807) is 12.1 Å². The van der Waals surface area contributed by atoms with Gasteiger partial charge in [0, 0.05) is 29.5 Å². The molecule has 0 atom stereocenters. The van der Waals surface area contributed by atoms with Gasteiger partial charge in [0.05, 0.1) is 10.6 Å². The smallest absolute Gasteiger partial charge is 0.250 e. The number of hydrogen-bond acceptors (Lipinski definition) is 4. The van der Waals surface area contributed by atoms with Crippen LogP contribution in [0.25, 0.3) is 0 Å². The van der Waals surface area contributed by atoms with Crippen LogP contribution in [0.2, 0.25) is 5.02 Å². The standard InChI is InChI=1S/C13H13ClN2O3S/c14-10-2-1-3-12(8-10)20(18,19)7-6-16-9-11(15)4-5-13(16)17/h1-5,8-9H,6-7,15H2. The van der Waals surface area contributed by atoms with E-state index in [-0.39, 0.29) is 22.8 Å². The Balaban J connectivity index is 2.22. The molecule has 2 N–H and O–H groups in total. The minimum atomic E-state index is -3.50. The maximum Gasteiger partial charge on any atom is 0.250 e. The Bertz CT molecular complexity index is 784. The fraction of sp³-hybridized carbons (Fsp3) is 0.154. The third kappa shape index (κ3) is 3.40. The second kappa shape index (κ2) is 5.68. The molecule has 0 radical (unpaired) electrons. The highest BCUT2D eigenvalue weighted by Gasteiger charge is 2.15. The van der Waals surface area contributed by atoms with Crippen molar-refractivity contribution in [3.63, 3.8) is 0 Å². The molecule has 0 saturated heterocycles. The summed E-state index contributed by atoms with van der Waals surface area (Å²) >= 11 is 5.78. The molecule has 2 rings (SSSR count). The van der Waals surface area contributed by atoms with Crippen LogP contribution in [0.4, 0.5) is 5.69 Å². The van der Waals surface area contributed by atoms with Crippen LogP contribution in [-0.4, -0.2) is 18.7 Å². The average molecular weight is 313 g/mol. The highest BCUT2D eigenvalue weighted by atomic mass is 35.5. The van der Waals surface area contributed by atoms with Crippen LogP contribution < -0.4 is 11.3 Å². The lowest BCUT2D eigenvalue weighted by Crippen LogP contribution is -2.23. The molecule has 5 nitrogen and oxygen atoms in total. The number of hydrogen-bond donors (Lipinski definition) is 1. The minimum absolute atomic E-state index is 0.0404. The molecule has 1 aromatic carbocycles. The van der Waals surface area contributed by atoms with E-state index < -0.39 is 9.84 Å². The molecular weight excluding hydrogens is 300 g/mol. The second-order valence-corrected chi connectivity index (χ2v) is 6.82. The van der Waals surface area contributed by atoms with Gasteiger partial charge in [0.1, 0.15) is 0 Å². The van der Waals surface area contributed by atoms with Gasteiger partial charge < -0.3 is 10.3 Å². The summed E-state index contributed by atoms with van der Waals surface area (Å²) in [4.78, 5) is 11.7. The van der Waals surface area contributed by atoms with E-state index in [2.05, 4.69) is 0 Å². The van der Waals surface area contributed by atoms with Crippen molar-refractivity contribution < 1.29 is 8.42 Å². The highest BCUT2D eigenvalue weighted by molar-refractivity contribution is 7.91. The van der Waals surface area contributed by atoms with Crippen molar-refractivity contribution in [3.8, 4) is 0 Å². The van der Waals surface area contributed by atoms with Gasteiger partial charge in [-0.05, 0) is 24.3 Å². The average Bonchev–Trinajstić information content (AvgIpc) is 2.40. The van der Waals surface area contributed by atoms with E-state index in [1.807, 2.05) is 0 Å². The van der Waals surface area contributed by atoms with Gasteiger partial charge in [0.25, 0.3) is 5.56 Å². The summed E-state index contributed by atoms with van der Waals surface area (Å²) in [6.45, 7) is 0.0404. The Morgan fingerprint density at radius 3 is 2.65 bits per heavy atom. The van der Waals surface area contributed by atoms with Gasteiger partial charge in [-0.1, -0.05) is 17.7 Å². The molecule has 0 amide bonds. The molecule has 20 heavy (non-hydrogen) atoms. The van der Waals surface area contributed by atoms with Gasteiger partial charge in [-0.3, -0.25) is 4.79 Å². The maximum absolute atomic E-state index is 12.1. The van der Waals surface area contributed by atoms with E-state index >= 15 is 0 Å². The Morgan fingerprint density at radius 1 is 1.20 bits per heavy atom. The molecule has 2 aromatic rings. The number of nitrogens with two attached hydrogens (primary N) is 1. The zero-order valence-corrected chi connectivity index (χ0v) is 12.1. The summed E-state index contributed by atoms with van der Waals surface area (Å²) < 4.78 is 25.6. The molecule has 1 heterocycles. The monoisotopic (exact) mass is 312 g/mol. The molecule has 1 aromatic heterocycles. The number of anilines is 1. The number of rotatable bonds is 4. The predicted octanol–water partition coefficient (Wildman–Crippen LogP) is 1.56. The van der Waals surface area contributed by atoms with Crippen LogP contribution in [0, 0.1) is 0 Å². The summed E-state index contributed by atoms with van der Waals surface area (Å²) in [5.41, 5.74) is 5.69. The zero-order chi connectivity index (χ0) is 14.8. The van der Waals surface area contributed by atoms with Crippen LogP contribution in [0.15, 0.2) is 52.3 Å². The fourth-order valence-corrected chi connectivity index (χ4v) is 3.24. The molecule has 0 fully saturated rings. The molecule has 0 unspecified atom stereocenters. The molecule has 106 valence electrons. The Kier molecular flexibility index (Phi) is 4.15. The van der Waals surface area contributed by atoms with E-state index in [4.69, 9.17) is 17.3 Å². The first-order valence-corrected chi connectivity index (χ1v) is 7.86. The number of benzene rings is 1. The number of aromatic nitrogens is 1. The molecular formula is C13H13ClN2O3S. The number of aryl methyl sites for hydroxylation is 1. The molecule has 0 aliphatic carbocycles. The van der Waals surface area contributed by atoms with E-state index in [1.165, 1.54) is 35.0 Å². The van der Waals surface area contributed by atoms with Crippen molar-refractivity contribution in [2.45, 2.75) is 11.4 Å². The Morgan fingerprint density at radius 2 is 1.95 bits per heavy atom. The minimum Gasteiger partial charge on any atom is -0.398 e. The lowest BCUT2D eigenvalue weighted by atomic mass is 10.4. The SMILES string of the molecule is Nc1ccc(=O)n(CCS(=O)(=O)c2cccc(Cl)c2)c1. The predicted molar refractivity (Wildman–Crippen MR) is 78.6 cm³/mol. The zero-order valence-electron chi connectivity index (χ0n) is 10.5. The van der Waals surface area contributed by atoms with Crippen molar-refractivity contribution in [1.82, 2.24) is 4.57 Å². The molecule has 0 spiro atoms. The van der Waals surface area contributed by atoms with Gasteiger partial charge in [0.2, 0.25) is 0 Å². The fourth-order valence-electron chi connectivity index (χ4n) is 1.72. The van der Waals surface area contributed by atoms with Crippen molar-refractivity contribution in [1.29, 1.82) is 0 Å². The maximum atomic E-state index is 12.1. The Hall–Kier alpha value is -1.79. The van der Waals surface area contributed by atoms with E-state index in [0.717, 1.165) is 0 Å². The quantitative estimate of drug-likeness (QED) is 0.928. The molecule has 0 bridgehead atoms. The van der Waals surface area contributed by atoms with Crippen LogP contribution >= 0.6 is 11.6 Å². The topological polar surface area (TPSA) is 82.2 Å². The van der Waals surface area contributed by atoms with Gasteiger partial charge in [-0.25, -0.2) is 8.42 Å². The number of pyridine rings is 1. The summed E-state index contributed by atoms with van der Waals surface area (Å²) in [5, 5.41) is 0.354. The van der Waals surface area contributed by atoms with Crippen molar-refractivity contribution in [3.05, 3.63) is 58.0 Å². The van der Waals surface area contributed by atoms with Gasteiger partial charge in [-0.15, -0.1) is 0 Å². The number of halogens is 1. The first-order chi connectivity index (χ1) is 9.38. The lowest BCUT2D eigenvalue weighted by molar-refractivity contribution is 0.587. The molecule has 0 aliphatic rings. The van der Waals surface area contributed by atoms with Crippen LogP contribution in [0.5, 0.6) is 0 Å². The summed E-state index contributed by atoms with van der Waals surface area (Å²) in [6, 6.07) is 8.82. The number of sulfone groups is 1. The third-order valence-corrected chi connectivity index (χ3v) is 4.69. The van der Waals surface area contributed by atoms with Gasteiger partial charge in [-0.2, -0.15) is 0 Å². The first kappa shape index (κ1) is 14.6. The summed E-state index contributed by atoms with van der Waals surface area (Å²) in [6.07, 6.45) is 1.43. The molecule has 0 saturated carbocycles. The molecule has 7 heteroatoms. The van der Waals surface area contributed by atoms with Crippen LogP contribution in [0.1, 0.15) is 0 Å². The Labute approximate surface area is 121 Å². The van der Waals surface area contributed by atoms with Crippen molar-refractivity contribution in [2.24, 2.45) is 0 Å². The summed E-state index contributed by atoms with van der Waals surface area (Å²) in [5.74, 6) is -0.198. The van der Waals surface area contributed by atoms with E-state index in [9.17, 15) is 13.2 Å². The largest absolute Gasteiger partial charge is 0.398 e. The van der Waals surface area contributed by atoms with Crippen molar-refractivity contribution in [2.75, 3.05) is 11.5 Å². The first-order valence-electron chi connectivity index (χ1n) is 5.83. The van der Waals surface area contributed by atoms with Crippen molar-refractivity contribution >= 4 is 27.1 Å². The normalized spacial score (nSPS) is 11.4. The van der Waals surface area contributed by atoms with E-state index in [0.29, 0.717) is 10.7 Å².